The first kappa shape index (κ1) is 12.9. The lowest BCUT2D eigenvalue weighted by Gasteiger charge is -2.23. The smallest absolute Gasteiger partial charge is 0.0995 e. The average Bonchev–Trinajstić information content (AvgIpc) is 2.68. The zero-order valence-electron chi connectivity index (χ0n) is 12.5. The topological polar surface area (TPSA) is 23.8 Å². The molecule has 0 atom stereocenters. The summed E-state index contributed by atoms with van der Waals surface area (Å²) < 4.78 is 0. The first-order valence-electron chi connectivity index (χ1n) is 7.16. The molecule has 20 heavy (non-hydrogen) atoms. The maximum atomic E-state index is 9.49. The number of hydrogen-bond acceptors (Lipinski definition) is 1. The average molecular weight is 261 g/mol. The molecular weight excluding hydrogens is 242 g/mol. The zero-order valence-corrected chi connectivity index (χ0v) is 12.5. The molecule has 0 spiro atoms. The van der Waals surface area contributed by atoms with Gasteiger partial charge in [-0.25, -0.2) is 0 Å². The lowest BCUT2D eigenvalue weighted by molar-refractivity contribution is 0.657. The van der Waals surface area contributed by atoms with Crippen molar-refractivity contribution in [3.63, 3.8) is 0 Å². The van der Waals surface area contributed by atoms with Crippen molar-refractivity contribution >= 4 is 0 Å². The molecule has 0 amide bonds. The molecule has 0 aliphatic heterocycles. The van der Waals surface area contributed by atoms with Crippen molar-refractivity contribution in [2.75, 3.05) is 0 Å². The van der Waals surface area contributed by atoms with Crippen LogP contribution in [0.4, 0.5) is 0 Å². The second-order valence-electron chi connectivity index (χ2n) is 6.39. The third-order valence-corrected chi connectivity index (χ3v) is 4.47. The number of nitriles is 1. The second-order valence-corrected chi connectivity index (χ2v) is 6.39. The van der Waals surface area contributed by atoms with Crippen molar-refractivity contribution in [3.05, 3.63) is 58.7 Å². The van der Waals surface area contributed by atoms with Gasteiger partial charge < -0.3 is 0 Å². The van der Waals surface area contributed by atoms with Gasteiger partial charge in [-0.15, -0.1) is 0 Å². The highest BCUT2D eigenvalue weighted by molar-refractivity contribution is 5.85. The summed E-state index contributed by atoms with van der Waals surface area (Å²) in [5, 5.41) is 9.49. The molecule has 1 heteroatoms. The van der Waals surface area contributed by atoms with Gasteiger partial charge in [0.1, 0.15) is 0 Å². The van der Waals surface area contributed by atoms with Crippen LogP contribution in [0.3, 0.4) is 0 Å². The van der Waals surface area contributed by atoms with Gasteiger partial charge in [0.15, 0.2) is 0 Å². The zero-order chi connectivity index (χ0) is 14.5. The molecule has 3 rings (SSSR count). The van der Waals surface area contributed by atoms with Gasteiger partial charge in [-0.1, -0.05) is 58.0 Å². The Labute approximate surface area is 120 Å². The molecule has 0 aromatic heterocycles. The van der Waals surface area contributed by atoms with Gasteiger partial charge in [0.25, 0.3) is 0 Å². The third kappa shape index (κ3) is 1.55. The predicted molar refractivity (Wildman–Crippen MR) is 82.8 cm³/mol. The van der Waals surface area contributed by atoms with Crippen LogP contribution in [-0.2, 0) is 5.41 Å². The van der Waals surface area contributed by atoms with Crippen molar-refractivity contribution in [2.45, 2.75) is 39.0 Å². The van der Waals surface area contributed by atoms with E-state index in [0.717, 1.165) is 5.56 Å². The minimum absolute atomic E-state index is 0.0953. The maximum absolute atomic E-state index is 9.49. The summed E-state index contributed by atoms with van der Waals surface area (Å²) in [5.74, 6) is 0.457. The molecule has 2 aromatic carbocycles. The molecule has 0 radical (unpaired) electrons. The fraction of sp³-hybridized carbons (Fsp3) is 0.316. The number of benzene rings is 2. The van der Waals surface area contributed by atoms with Crippen LogP contribution in [0.1, 0.15) is 55.9 Å². The Morgan fingerprint density at radius 1 is 1.05 bits per heavy atom. The van der Waals surface area contributed by atoms with E-state index in [-0.39, 0.29) is 5.41 Å². The Balaban J connectivity index is 2.48. The van der Waals surface area contributed by atoms with E-state index in [1.54, 1.807) is 0 Å². The van der Waals surface area contributed by atoms with Gasteiger partial charge in [0.05, 0.1) is 11.6 Å². The fourth-order valence-electron chi connectivity index (χ4n) is 3.51. The van der Waals surface area contributed by atoms with Gasteiger partial charge >= 0.3 is 0 Å². The summed E-state index contributed by atoms with van der Waals surface area (Å²) in [6.07, 6.45) is 0. The molecule has 0 fully saturated rings. The monoisotopic (exact) mass is 261 g/mol. The summed E-state index contributed by atoms with van der Waals surface area (Å²) in [4.78, 5) is 0. The van der Waals surface area contributed by atoms with Gasteiger partial charge in [-0.05, 0) is 39.8 Å². The largest absolute Gasteiger partial charge is 0.192 e. The first-order chi connectivity index (χ1) is 9.48. The highest BCUT2D eigenvalue weighted by atomic mass is 14.4. The summed E-state index contributed by atoms with van der Waals surface area (Å²) in [7, 11) is 0. The number of nitrogens with zero attached hydrogens (tertiary/aromatic N) is 1. The van der Waals surface area contributed by atoms with Gasteiger partial charge in [-0.2, -0.15) is 5.26 Å². The van der Waals surface area contributed by atoms with Crippen LogP contribution in [0, 0.1) is 11.3 Å². The van der Waals surface area contributed by atoms with Crippen LogP contribution < -0.4 is 0 Å². The molecule has 0 unspecified atom stereocenters. The van der Waals surface area contributed by atoms with Gasteiger partial charge in [0, 0.05) is 5.41 Å². The van der Waals surface area contributed by atoms with Crippen LogP contribution in [0.2, 0.25) is 0 Å². The highest BCUT2D eigenvalue weighted by Gasteiger charge is 2.38. The van der Waals surface area contributed by atoms with E-state index in [0.29, 0.717) is 5.92 Å². The Morgan fingerprint density at radius 3 is 2.40 bits per heavy atom. The summed E-state index contributed by atoms with van der Waals surface area (Å²) in [5.41, 5.74) is 7.18. The summed E-state index contributed by atoms with van der Waals surface area (Å²) in [6.45, 7) is 8.89. The number of hydrogen-bond donors (Lipinski definition) is 0. The summed E-state index contributed by atoms with van der Waals surface area (Å²) in [6, 6.07) is 15.1. The maximum Gasteiger partial charge on any atom is 0.0995 e. The van der Waals surface area contributed by atoms with Crippen molar-refractivity contribution in [1.29, 1.82) is 5.26 Å². The Hall–Kier alpha value is -2.07. The Morgan fingerprint density at radius 2 is 1.75 bits per heavy atom. The van der Waals surface area contributed by atoms with Crippen LogP contribution in [0.15, 0.2) is 36.4 Å². The van der Waals surface area contributed by atoms with Crippen LogP contribution in [0.25, 0.3) is 11.1 Å². The van der Waals surface area contributed by atoms with Crippen molar-refractivity contribution in [3.8, 4) is 17.2 Å². The SMILES string of the molecule is CC(C)c1ccc(C#N)c2c1-c1ccccc1C2(C)C. The minimum atomic E-state index is -0.0953. The van der Waals surface area contributed by atoms with E-state index in [2.05, 4.69) is 64.1 Å². The molecular formula is C19H19N. The van der Waals surface area contributed by atoms with Crippen molar-refractivity contribution in [2.24, 2.45) is 0 Å². The molecule has 0 heterocycles. The minimum Gasteiger partial charge on any atom is -0.192 e. The molecule has 1 nitrogen and oxygen atoms in total. The Bertz CT molecular complexity index is 730. The van der Waals surface area contributed by atoms with E-state index in [1.807, 2.05) is 6.07 Å². The third-order valence-electron chi connectivity index (χ3n) is 4.47. The lowest BCUT2D eigenvalue weighted by Crippen LogP contribution is -2.17. The van der Waals surface area contributed by atoms with Crippen LogP contribution in [0.5, 0.6) is 0 Å². The molecule has 0 saturated carbocycles. The molecule has 100 valence electrons. The highest BCUT2D eigenvalue weighted by Crippen LogP contribution is 2.52. The van der Waals surface area contributed by atoms with Gasteiger partial charge in [-0.3, -0.25) is 0 Å². The van der Waals surface area contributed by atoms with Crippen molar-refractivity contribution in [1.82, 2.24) is 0 Å². The van der Waals surface area contributed by atoms with E-state index < -0.39 is 0 Å². The first-order valence-corrected chi connectivity index (χ1v) is 7.16. The standard InChI is InChI=1S/C19H19N/c1-12(2)14-10-9-13(11-20)18-17(14)15-7-5-6-8-16(15)19(18,3)4/h5-10,12H,1-4H3. The lowest BCUT2D eigenvalue weighted by atomic mass is 9.79. The fourth-order valence-corrected chi connectivity index (χ4v) is 3.51. The van der Waals surface area contributed by atoms with E-state index in [9.17, 15) is 5.26 Å². The van der Waals surface area contributed by atoms with E-state index in [4.69, 9.17) is 0 Å². The van der Waals surface area contributed by atoms with Crippen LogP contribution >= 0.6 is 0 Å². The second kappa shape index (κ2) is 4.21. The molecule has 0 saturated heterocycles. The Kier molecular flexibility index (Phi) is 2.73. The molecule has 1 aliphatic rings. The number of fused-ring (bicyclic) bond motifs is 3. The number of rotatable bonds is 1. The van der Waals surface area contributed by atoms with E-state index in [1.165, 1.54) is 27.8 Å². The molecule has 2 aromatic rings. The normalized spacial score (nSPS) is 14.8. The predicted octanol–water partition coefficient (Wildman–Crippen LogP) is 4.99. The summed E-state index contributed by atoms with van der Waals surface area (Å²) >= 11 is 0. The van der Waals surface area contributed by atoms with Gasteiger partial charge in [0.2, 0.25) is 0 Å². The quantitative estimate of drug-likeness (QED) is 0.709. The van der Waals surface area contributed by atoms with E-state index >= 15 is 0 Å². The van der Waals surface area contributed by atoms with Crippen molar-refractivity contribution < 1.29 is 0 Å². The molecule has 0 bridgehead atoms. The van der Waals surface area contributed by atoms with Crippen LogP contribution in [-0.4, -0.2) is 0 Å². The molecule has 0 N–H and O–H groups in total. The molecule has 1 aliphatic carbocycles.